The van der Waals surface area contributed by atoms with Crippen LogP contribution in [-0.4, -0.2) is 37.0 Å². The first-order valence-corrected chi connectivity index (χ1v) is 9.42. The molecule has 2 heterocycles. The second-order valence-electron chi connectivity index (χ2n) is 6.89. The Labute approximate surface area is 177 Å². The number of aromatic nitrogens is 5. The molecule has 0 fully saturated rings. The van der Waals surface area contributed by atoms with Gasteiger partial charge in [-0.2, -0.15) is 18.2 Å². The van der Waals surface area contributed by atoms with E-state index in [9.17, 15) is 13.2 Å². The van der Waals surface area contributed by atoms with Crippen molar-refractivity contribution in [2.24, 2.45) is 0 Å². The third-order valence-electron chi connectivity index (χ3n) is 3.94. The van der Waals surface area contributed by atoms with E-state index in [4.69, 9.17) is 4.74 Å². The molecule has 3 rings (SSSR count). The van der Waals surface area contributed by atoms with Crippen molar-refractivity contribution in [3.63, 3.8) is 0 Å². The predicted octanol–water partition coefficient (Wildman–Crippen LogP) is 4.47. The van der Waals surface area contributed by atoms with Crippen LogP contribution in [-0.2, 0) is 6.54 Å². The van der Waals surface area contributed by atoms with Crippen molar-refractivity contribution in [1.82, 2.24) is 24.7 Å². The molecule has 0 saturated heterocycles. The lowest BCUT2D eigenvalue weighted by Crippen LogP contribution is -2.19. The van der Waals surface area contributed by atoms with E-state index in [0.29, 0.717) is 16.2 Å². The molecule has 2 aromatic heterocycles. The predicted molar refractivity (Wildman–Crippen MR) is 110 cm³/mol. The van der Waals surface area contributed by atoms with Crippen molar-refractivity contribution in [3.8, 4) is 11.8 Å². The van der Waals surface area contributed by atoms with Gasteiger partial charge >= 0.3 is 12.2 Å². The van der Waals surface area contributed by atoms with Crippen molar-refractivity contribution in [3.05, 3.63) is 60.2 Å². The van der Waals surface area contributed by atoms with Crippen molar-refractivity contribution >= 4 is 11.8 Å². The number of rotatable bonds is 8. The molecule has 2 N–H and O–H groups in total. The van der Waals surface area contributed by atoms with E-state index in [1.807, 2.05) is 19.9 Å². The van der Waals surface area contributed by atoms with Gasteiger partial charge in [0.05, 0.1) is 0 Å². The summed E-state index contributed by atoms with van der Waals surface area (Å²) in [6.07, 6.45) is 0.389. The highest BCUT2D eigenvalue weighted by molar-refractivity contribution is 5.38. The summed E-state index contributed by atoms with van der Waals surface area (Å²) in [6, 6.07) is 8.17. The normalized spacial score (nSPS) is 12.7. The average Bonchev–Trinajstić information content (AvgIpc) is 3.00. The minimum atomic E-state index is -4.47. The van der Waals surface area contributed by atoms with E-state index < -0.39 is 12.7 Å². The molecule has 1 atom stereocenters. The second-order valence-corrected chi connectivity index (χ2v) is 6.89. The van der Waals surface area contributed by atoms with Crippen LogP contribution >= 0.6 is 0 Å². The molecule has 1 unspecified atom stereocenters. The molecule has 0 aliphatic carbocycles. The molecule has 164 valence electrons. The number of anilines is 2. The lowest BCUT2D eigenvalue weighted by Gasteiger charge is -2.09. The quantitative estimate of drug-likeness (QED) is 0.542. The van der Waals surface area contributed by atoms with Crippen LogP contribution in [0, 0.1) is 13.8 Å². The Hall–Kier alpha value is -3.63. The van der Waals surface area contributed by atoms with Crippen LogP contribution in [0.1, 0.15) is 18.2 Å². The van der Waals surface area contributed by atoms with E-state index in [1.54, 1.807) is 43.5 Å². The fraction of sp³-hybridized carbons (Fsp3) is 0.300. The van der Waals surface area contributed by atoms with Gasteiger partial charge in [0.2, 0.25) is 5.95 Å². The number of nitrogens with one attached hydrogen (secondary N) is 2. The summed E-state index contributed by atoms with van der Waals surface area (Å²) in [5, 5.41) is 9.84. The van der Waals surface area contributed by atoms with E-state index in [0.717, 1.165) is 11.3 Å². The molecule has 3 aromatic rings. The van der Waals surface area contributed by atoms with Crippen LogP contribution in [0.15, 0.2) is 48.9 Å². The van der Waals surface area contributed by atoms with Gasteiger partial charge in [-0.15, -0.1) is 5.10 Å². The standard InChI is InChI=1S/C20H22F3N7O/c1-13-5-4-6-16(9-13)31-19-28-18(29-30(19)11-20(21,22)23)27-14(2)7-8-24-17-10-15(3)25-12-26-17/h4-10,12,14H,11H2,1-3H3,(H,27,29)(H,24,25,26)/b8-7+. The summed E-state index contributed by atoms with van der Waals surface area (Å²) < 4.78 is 45.1. The number of benzene rings is 1. The first-order valence-electron chi connectivity index (χ1n) is 9.42. The Kier molecular flexibility index (Phi) is 6.73. The summed E-state index contributed by atoms with van der Waals surface area (Å²) in [6.45, 7) is 4.18. The second kappa shape index (κ2) is 9.45. The Bertz CT molecular complexity index is 1050. The van der Waals surface area contributed by atoms with Crippen LogP contribution in [0.5, 0.6) is 11.8 Å². The number of aryl methyl sites for hydroxylation is 2. The van der Waals surface area contributed by atoms with Gasteiger partial charge in [0, 0.05) is 24.0 Å². The fourth-order valence-corrected chi connectivity index (χ4v) is 2.58. The maximum atomic E-state index is 13.0. The van der Waals surface area contributed by atoms with Crippen molar-refractivity contribution < 1.29 is 17.9 Å². The smallest absolute Gasteiger partial charge is 0.408 e. The number of hydrogen-bond donors (Lipinski definition) is 2. The number of nitrogens with zero attached hydrogens (tertiary/aromatic N) is 5. The Morgan fingerprint density at radius 2 is 2.00 bits per heavy atom. The Balaban J connectivity index is 1.70. The molecule has 31 heavy (non-hydrogen) atoms. The number of halogens is 3. The summed E-state index contributed by atoms with van der Waals surface area (Å²) in [5.41, 5.74) is 1.72. The van der Waals surface area contributed by atoms with Crippen LogP contribution < -0.4 is 15.4 Å². The topological polar surface area (TPSA) is 89.8 Å². The molecule has 11 heteroatoms. The maximum Gasteiger partial charge on any atom is 0.408 e. The molecule has 0 radical (unpaired) electrons. The molecule has 0 saturated carbocycles. The minimum Gasteiger partial charge on any atom is -0.424 e. The first-order chi connectivity index (χ1) is 14.7. The SMILES string of the molecule is Cc1cccc(Oc2nc(NC(C)/C=C/Nc3cc(C)ncn3)nn2CC(F)(F)F)c1. The lowest BCUT2D eigenvalue weighted by atomic mass is 10.2. The highest BCUT2D eigenvalue weighted by Crippen LogP contribution is 2.26. The molecule has 8 nitrogen and oxygen atoms in total. The number of hydrogen-bond acceptors (Lipinski definition) is 7. The molecule has 0 amide bonds. The van der Waals surface area contributed by atoms with Crippen LogP contribution in [0.25, 0.3) is 0 Å². The lowest BCUT2D eigenvalue weighted by molar-refractivity contribution is -0.143. The van der Waals surface area contributed by atoms with E-state index in [1.165, 1.54) is 6.33 Å². The average molecular weight is 433 g/mol. The van der Waals surface area contributed by atoms with Gasteiger partial charge < -0.3 is 15.4 Å². The maximum absolute atomic E-state index is 13.0. The summed E-state index contributed by atoms with van der Waals surface area (Å²) in [4.78, 5) is 12.2. The molecule has 0 bridgehead atoms. The molecule has 0 aliphatic heterocycles. The first kappa shape index (κ1) is 22.1. The van der Waals surface area contributed by atoms with Crippen molar-refractivity contribution in [1.29, 1.82) is 0 Å². The van der Waals surface area contributed by atoms with Crippen LogP contribution in [0.4, 0.5) is 24.9 Å². The molecular weight excluding hydrogens is 411 g/mol. The van der Waals surface area contributed by atoms with Gasteiger partial charge in [0.15, 0.2) is 0 Å². The van der Waals surface area contributed by atoms with Gasteiger partial charge in [0.25, 0.3) is 0 Å². The minimum absolute atomic E-state index is 0.0157. The van der Waals surface area contributed by atoms with Gasteiger partial charge in [-0.3, -0.25) is 0 Å². The van der Waals surface area contributed by atoms with Crippen LogP contribution in [0.3, 0.4) is 0 Å². The summed E-state index contributed by atoms with van der Waals surface area (Å²) >= 11 is 0. The van der Waals surface area contributed by atoms with Gasteiger partial charge in [-0.25, -0.2) is 14.6 Å². The Morgan fingerprint density at radius 3 is 2.71 bits per heavy atom. The molecule has 0 aliphatic rings. The van der Waals surface area contributed by atoms with E-state index in [2.05, 4.69) is 30.7 Å². The third kappa shape index (κ3) is 6.98. The number of alkyl halides is 3. The zero-order valence-corrected chi connectivity index (χ0v) is 17.2. The summed E-state index contributed by atoms with van der Waals surface area (Å²) in [5.74, 6) is 1.01. The molecule has 1 aromatic carbocycles. The highest BCUT2D eigenvalue weighted by Gasteiger charge is 2.31. The van der Waals surface area contributed by atoms with Crippen molar-refractivity contribution in [2.75, 3.05) is 10.6 Å². The van der Waals surface area contributed by atoms with Gasteiger partial charge in [-0.05, 0) is 44.5 Å². The van der Waals surface area contributed by atoms with Crippen molar-refractivity contribution in [2.45, 2.75) is 39.5 Å². The zero-order chi connectivity index (χ0) is 22.4. The monoisotopic (exact) mass is 433 g/mol. The Morgan fingerprint density at radius 1 is 1.19 bits per heavy atom. The number of ether oxygens (including phenoxy) is 1. The zero-order valence-electron chi connectivity index (χ0n) is 17.2. The molecular formula is C20H22F3N7O. The van der Waals surface area contributed by atoms with Gasteiger partial charge in [0.1, 0.15) is 24.4 Å². The van der Waals surface area contributed by atoms with E-state index >= 15 is 0 Å². The third-order valence-corrected chi connectivity index (χ3v) is 3.94. The van der Waals surface area contributed by atoms with E-state index in [-0.39, 0.29) is 18.0 Å². The highest BCUT2D eigenvalue weighted by atomic mass is 19.4. The largest absolute Gasteiger partial charge is 0.424 e. The fourth-order valence-electron chi connectivity index (χ4n) is 2.58. The summed E-state index contributed by atoms with van der Waals surface area (Å²) in [7, 11) is 0. The van der Waals surface area contributed by atoms with Crippen LogP contribution in [0.2, 0.25) is 0 Å². The van der Waals surface area contributed by atoms with Gasteiger partial charge in [-0.1, -0.05) is 12.1 Å². The molecule has 0 spiro atoms.